The molecule has 4 nitrogen and oxygen atoms in total. The maximum Gasteiger partial charge on any atom is 0.139 e. The van der Waals surface area contributed by atoms with E-state index in [1.54, 1.807) is 0 Å². The molecule has 2 heterocycles. The zero-order valence-corrected chi connectivity index (χ0v) is 28.9. The van der Waals surface area contributed by atoms with Gasteiger partial charge in [-0.25, -0.2) is 0 Å². The molecule has 10 rings (SSSR count). The van der Waals surface area contributed by atoms with E-state index in [9.17, 15) is 0 Å². The minimum atomic E-state index is 0.769. The minimum absolute atomic E-state index is 0.769. The molecule has 0 radical (unpaired) electrons. The third-order valence-electron chi connectivity index (χ3n) is 10.7. The minimum Gasteiger partial charge on any atom is -0.455 e. The summed E-state index contributed by atoms with van der Waals surface area (Å²) in [6, 6.07) is 53.5. The van der Waals surface area contributed by atoms with Crippen molar-refractivity contribution in [2.75, 3.05) is 0 Å². The lowest BCUT2D eigenvalue weighted by Gasteiger charge is -2.23. The van der Waals surface area contributed by atoms with E-state index >= 15 is 0 Å². The van der Waals surface area contributed by atoms with Crippen LogP contribution in [0.25, 0.3) is 89.0 Å². The van der Waals surface area contributed by atoms with Crippen molar-refractivity contribution in [3.63, 3.8) is 0 Å². The largest absolute Gasteiger partial charge is 0.455 e. The van der Waals surface area contributed by atoms with Crippen molar-refractivity contribution in [3.05, 3.63) is 174 Å². The molecule has 0 atom stereocenters. The first-order valence-electron chi connectivity index (χ1n) is 17.8. The quantitative estimate of drug-likeness (QED) is 0.183. The lowest BCUT2D eigenvalue weighted by atomic mass is 9.80. The van der Waals surface area contributed by atoms with Gasteiger partial charge in [-0.3, -0.25) is 0 Å². The number of nitrogens with zero attached hydrogens (tertiary/aromatic N) is 3. The molecule has 9 aromatic rings. The maximum atomic E-state index is 7.01. The highest BCUT2D eigenvalue weighted by molar-refractivity contribution is 6.21. The average Bonchev–Trinajstić information content (AvgIpc) is 3.79. The highest BCUT2D eigenvalue weighted by atomic mass is 16.3. The highest BCUT2D eigenvalue weighted by Crippen LogP contribution is 2.54. The first-order valence-corrected chi connectivity index (χ1v) is 17.8. The van der Waals surface area contributed by atoms with E-state index in [-0.39, 0.29) is 0 Å². The summed E-state index contributed by atoms with van der Waals surface area (Å²) in [5.41, 5.74) is 19.2. The topological polar surface area (TPSA) is 51.8 Å². The fourth-order valence-electron chi connectivity index (χ4n) is 8.36. The van der Waals surface area contributed by atoms with Gasteiger partial charge in [-0.15, -0.1) is 10.2 Å². The van der Waals surface area contributed by atoms with E-state index in [1.165, 1.54) is 27.8 Å². The van der Waals surface area contributed by atoms with Crippen LogP contribution in [-0.2, 0) is 6.42 Å². The van der Waals surface area contributed by atoms with Gasteiger partial charge in [-0.2, -0.15) is 0 Å². The van der Waals surface area contributed by atoms with Gasteiger partial charge in [-0.1, -0.05) is 152 Å². The Balaban J connectivity index is 1.43. The molecular formula is C48H33N3O. The Labute approximate surface area is 302 Å². The summed E-state index contributed by atoms with van der Waals surface area (Å²) in [6.07, 6.45) is 0.866. The molecule has 0 fully saturated rings. The normalized spacial score (nSPS) is 12.0. The second-order valence-electron chi connectivity index (χ2n) is 13.6. The van der Waals surface area contributed by atoms with Gasteiger partial charge in [0.2, 0.25) is 0 Å². The van der Waals surface area contributed by atoms with Crippen LogP contribution in [0, 0.1) is 13.8 Å². The van der Waals surface area contributed by atoms with Gasteiger partial charge in [0.15, 0.2) is 0 Å². The number of hydrogen-bond acceptors (Lipinski definition) is 4. The molecular weight excluding hydrogens is 635 g/mol. The highest BCUT2D eigenvalue weighted by Gasteiger charge is 2.31. The zero-order valence-electron chi connectivity index (χ0n) is 28.9. The molecule has 0 spiro atoms. The lowest BCUT2D eigenvalue weighted by Crippen LogP contribution is -2.04. The average molecular weight is 668 g/mol. The Kier molecular flexibility index (Phi) is 6.97. The van der Waals surface area contributed by atoms with Gasteiger partial charge in [-0.05, 0) is 75.6 Å². The standard InChI is InChI=1S/C48H33N3O/c1-29-16-14-27-38-43-44(46-42(32-19-8-4-9-20-32)45(49-51-50-46)33-21-10-5-11-22-33)41(31-17-6-3-7-18-31)40(30(2)48(43)52-47(29)38)37-26-15-25-36-35-24-13-12-23-34(35)28-39(36)37/h3-27H,28H2,1-2H3. The zero-order chi connectivity index (χ0) is 34.8. The molecule has 0 unspecified atom stereocenters. The number of furan rings is 1. The molecule has 0 saturated heterocycles. The summed E-state index contributed by atoms with van der Waals surface area (Å²) >= 11 is 0. The molecule has 0 aliphatic heterocycles. The Morgan fingerprint density at radius 3 is 1.81 bits per heavy atom. The van der Waals surface area contributed by atoms with Crippen LogP contribution in [0.1, 0.15) is 22.3 Å². The molecule has 1 aliphatic carbocycles. The number of rotatable bonds is 5. The van der Waals surface area contributed by atoms with Crippen molar-refractivity contribution >= 4 is 21.9 Å². The van der Waals surface area contributed by atoms with Crippen molar-refractivity contribution < 1.29 is 4.42 Å². The molecule has 0 N–H and O–H groups in total. The van der Waals surface area contributed by atoms with Crippen LogP contribution in [0.4, 0.5) is 0 Å². The van der Waals surface area contributed by atoms with Gasteiger partial charge in [0.1, 0.15) is 22.6 Å². The first kappa shape index (κ1) is 30.2. The van der Waals surface area contributed by atoms with E-state index in [2.05, 4.69) is 146 Å². The number of fused-ring (bicyclic) bond motifs is 6. The molecule has 4 heteroatoms. The van der Waals surface area contributed by atoms with Gasteiger partial charge in [0.25, 0.3) is 0 Å². The lowest BCUT2D eigenvalue weighted by molar-refractivity contribution is 0.663. The summed E-state index contributed by atoms with van der Waals surface area (Å²) in [5, 5.41) is 16.4. The van der Waals surface area contributed by atoms with Crippen LogP contribution in [0.3, 0.4) is 0 Å². The molecule has 52 heavy (non-hydrogen) atoms. The van der Waals surface area contributed by atoms with Crippen molar-refractivity contribution in [2.24, 2.45) is 0 Å². The van der Waals surface area contributed by atoms with Crippen LogP contribution in [-0.4, -0.2) is 15.4 Å². The Morgan fingerprint density at radius 1 is 0.462 bits per heavy atom. The molecule has 1 aliphatic rings. The van der Waals surface area contributed by atoms with Gasteiger partial charge in [0.05, 0.1) is 0 Å². The summed E-state index contributed by atoms with van der Waals surface area (Å²) < 4.78 is 7.01. The monoisotopic (exact) mass is 667 g/mol. The Hall–Kier alpha value is -6.65. The second-order valence-corrected chi connectivity index (χ2v) is 13.6. The third kappa shape index (κ3) is 4.58. The summed E-state index contributed by atoms with van der Waals surface area (Å²) in [5.74, 6) is 0. The summed E-state index contributed by atoms with van der Waals surface area (Å²) in [7, 11) is 0. The van der Waals surface area contributed by atoms with E-state index in [1.807, 2.05) is 24.3 Å². The van der Waals surface area contributed by atoms with E-state index in [4.69, 9.17) is 14.6 Å². The van der Waals surface area contributed by atoms with Crippen molar-refractivity contribution in [1.82, 2.24) is 15.4 Å². The number of hydrogen-bond donors (Lipinski definition) is 0. The number of para-hydroxylation sites is 1. The van der Waals surface area contributed by atoms with Gasteiger partial charge >= 0.3 is 0 Å². The van der Waals surface area contributed by atoms with Crippen molar-refractivity contribution in [3.8, 4) is 67.0 Å². The molecule has 0 amide bonds. The van der Waals surface area contributed by atoms with Crippen molar-refractivity contribution in [1.29, 1.82) is 0 Å². The first-order chi connectivity index (χ1) is 25.7. The fourth-order valence-corrected chi connectivity index (χ4v) is 8.36. The summed E-state index contributed by atoms with van der Waals surface area (Å²) in [6.45, 7) is 4.34. The van der Waals surface area contributed by atoms with Crippen LogP contribution >= 0.6 is 0 Å². The van der Waals surface area contributed by atoms with Crippen LogP contribution in [0.2, 0.25) is 0 Å². The maximum absolute atomic E-state index is 7.01. The van der Waals surface area contributed by atoms with Gasteiger partial charge < -0.3 is 4.42 Å². The van der Waals surface area contributed by atoms with E-state index < -0.39 is 0 Å². The summed E-state index contributed by atoms with van der Waals surface area (Å²) in [4.78, 5) is 0. The number of aryl methyl sites for hydroxylation is 2. The van der Waals surface area contributed by atoms with Crippen LogP contribution in [0.5, 0.6) is 0 Å². The van der Waals surface area contributed by atoms with E-state index in [0.29, 0.717) is 0 Å². The van der Waals surface area contributed by atoms with Gasteiger partial charge in [0, 0.05) is 38.6 Å². The smallest absolute Gasteiger partial charge is 0.139 e. The Morgan fingerprint density at radius 2 is 1.06 bits per heavy atom. The fraction of sp³-hybridized carbons (Fsp3) is 0.0625. The number of aromatic nitrogens is 3. The second kappa shape index (κ2) is 12.0. The SMILES string of the molecule is Cc1cccc2c1oc1c(C)c(-c3cccc4c3Cc3ccccc3-4)c(-c3ccccc3)c(-c3nnnc(-c4ccccc4)c3-c3ccccc3)c12. The third-order valence-corrected chi connectivity index (χ3v) is 10.7. The Bertz CT molecular complexity index is 2820. The van der Waals surface area contributed by atoms with Crippen LogP contribution < -0.4 is 0 Å². The molecule has 0 bridgehead atoms. The molecule has 7 aromatic carbocycles. The molecule has 246 valence electrons. The van der Waals surface area contributed by atoms with Crippen LogP contribution in [0.15, 0.2) is 156 Å². The number of benzene rings is 7. The predicted molar refractivity (Wildman–Crippen MR) is 212 cm³/mol. The predicted octanol–water partition coefficient (Wildman–Crippen LogP) is 12.3. The van der Waals surface area contributed by atoms with E-state index in [0.717, 1.165) is 89.8 Å². The van der Waals surface area contributed by atoms with Crippen molar-refractivity contribution in [2.45, 2.75) is 20.3 Å². The molecule has 0 saturated carbocycles. The molecule has 2 aromatic heterocycles.